The van der Waals surface area contributed by atoms with E-state index in [4.69, 9.17) is 9.05 Å². The summed E-state index contributed by atoms with van der Waals surface area (Å²) in [5.41, 5.74) is 4.64. The lowest BCUT2D eigenvalue weighted by atomic mass is 9.92. The van der Waals surface area contributed by atoms with Gasteiger partial charge in [0, 0.05) is 23.2 Å². The predicted molar refractivity (Wildman–Crippen MR) is 134 cm³/mol. The molecular formula is C27H31N5O3. The van der Waals surface area contributed by atoms with Crippen LogP contribution in [-0.2, 0) is 30.5 Å². The first kappa shape index (κ1) is 24.3. The van der Waals surface area contributed by atoms with Crippen molar-refractivity contribution in [3.63, 3.8) is 0 Å². The highest BCUT2D eigenvalue weighted by molar-refractivity contribution is 5.93. The second kappa shape index (κ2) is 10.2. The van der Waals surface area contributed by atoms with Crippen molar-refractivity contribution in [1.29, 1.82) is 0 Å². The second-order valence-corrected chi connectivity index (χ2v) is 9.73. The Labute approximate surface area is 205 Å². The smallest absolute Gasteiger partial charge is 0.257 e. The molecule has 0 saturated heterocycles. The summed E-state index contributed by atoms with van der Waals surface area (Å²) >= 11 is 0. The number of hydrogen-bond acceptors (Lipinski definition) is 7. The minimum Gasteiger partial charge on any atom is -0.339 e. The molecule has 0 spiro atoms. The van der Waals surface area contributed by atoms with E-state index >= 15 is 0 Å². The summed E-state index contributed by atoms with van der Waals surface area (Å²) in [6.07, 6.45) is 2.39. The van der Waals surface area contributed by atoms with Crippen LogP contribution in [0.25, 0.3) is 22.8 Å². The quantitative estimate of drug-likeness (QED) is 0.351. The summed E-state index contributed by atoms with van der Waals surface area (Å²) in [5.74, 6) is 1.57. The van der Waals surface area contributed by atoms with Crippen LogP contribution in [0.2, 0.25) is 0 Å². The maximum atomic E-state index is 12.7. The van der Waals surface area contributed by atoms with Gasteiger partial charge < -0.3 is 14.4 Å². The number of nitrogens with one attached hydrogen (secondary N) is 1. The number of anilines is 1. The largest absolute Gasteiger partial charge is 0.339 e. The number of carbonyl (C=O) groups is 1. The Morgan fingerprint density at radius 1 is 0.914 bits per heavy atom. The monoisotopic (exact) mass is 473 g/mol. The maximum Gasteiger partial charge on any atom is 0.257 e. The molecule has 0 aliphatic rings. The molecule has 0 aliphatic carbocycles. The third-order valence-corrected chi connectivity index (χ3v) is 5.57. The molecule has 0 bridgehead atoms. The van der Waals surface area contributed by atoms with E-state index in [9.17, 15) is 4.79 Å². The molecule has 1 amide bonds. The highest BCUT2D eigenvalue weighted by Crippen LogP contribution is 2.26. The van der Waals surface area contributed by atoms with Crippen LogP contribution in [0.5, 0.6) is 0 Å². The van der Waals surface area contributed by atoms with E-state index in [-0.39, 0.29) is 17.7 Å². The molecule has 0 radical (unpaired) electrons. The van der Waals surface area contributed by atoms with Crippen molar-refractivity contribution in [1.82, 2.24) is 20.3 Å². The van der Waals surface area contributed by atoms with Gasteiger partial charge in [0.15, 0.2) is 5.82 Å². The van der Waals surface area contributed by atoms with E-state index in [0.29, 0.717) is 35.4 Å². The lowest BCUT2D eigenvalue weighted by molar-refractivity contribution is -0.115. The Kier molecular flexibility index (Phi) is 7.10. The van der Waals surface area contributed by atoms with Crippen LogP contribution in [0.1, 0.15) is 57.5 Å². The zero-order valence-corrected chi connectivity index (χ0v) is 20.9. The van der Waals surface area contributed by atoms with E-state index in [0.717, 1.165) is 35.2 Å². The van der Waals surface area contributed by atoms with Crippen molar-refractivity contribution >= 4 is 11.6 Å². The summed E-state index contributed by atoms with van der Waals surface area (Å²) in [5, 5.41) is 11.2. The number of aryl methyl sites for hydroxylation is 2. The van der Waals surface area contributed by atoms with E-state index < -0.39 is 0 Å². The zero-order chi connectivity index (χ0) is 25.0. The predicted octanol–water partition coefficient (Wildman–Crippen LogP) is 5.68. The van der Waals surface area contributed by atoms with Crippen molar-refractivity contribution in [3.05, 3.63) is 65.3 Å². The van der Waals surface area contributed by atoms with Gasteiger partial charge in [0.1, 0.15) is 0 Å². The van der Waals surface area contributed by atoms with E-state index in [1.807, 2.05) is 42.5 Å². The standard InChI is InChI=1S/C27H31N5O3/c1-6-17-10-8-11-18(7-2)24(17)29-22(33)15-21-28-26(35-31-21)20-13-9-12-19(14-20)25-30-23(34-32-25)16-27(3,4)5/h8-14H,6-7,15-16H2,1-5H3,(H,29,33). The number of para-hydroxylation sites is 1. The minimum atomic E-state index is -0.181. The number of benzene rings is 2. The topological polar surface area (TPSA) is 107 Å². The number of nitrogens with zero attached hydrogens (tertiary/aromatic N) is 4. The highest BCUT2D eigenvalue weighted by Gasteiger charge is 2.19. The Balaban J connectivity index is 1.47. The Hall–Kier alpha value is -3.81. The summed E-state index contributed by atoms with van der Waals surface area (Å²) < 4.78 is 10.9. The molecule has 1 N–H and O–H groups in total. The van der Waals surface area contributed by atoms with Crippen molar-refractivity contribution < 1.29 is 13.8 Å². The number of aromatic nitrogens is 4. The van der Waals surface area contributed by atoms with Gasteiger partial charge in [-0.15, -0.1) is 0 Å². The summed E-state index contributed by atoms with van der Waals surface area (Å²) in [4.78, 5) is 21.7. The van der Waals surface area contributed by atoms with E-state index in [1.165, 1.54) is 0 Å². The van der Waals surface area contributed by atoms with E-state index in [1.54, 1.807) is 0 Å². The molecule has 2 heterocycles. The molecule has 35 heavy (non-hydrogen) atoms. The van der Waals surface area contributed by atoms with Gasteiger partial charge in [-0.25, -0.2) is 0 Å². The van der Waals surface area contributed by atoms with Crippen LogP contribution < -0.4 is 5.32 Å². The first-order chi connectivity index (χ1) is 16.8. The van der Waals surface area contributed by atoms with Gasteiger partial charge in [-0.05, 0) is 41.5 Å². The summed E-state index contributed by atoms with van der Waals surface area (Å²) in [7, 11) is 0. The van der Waals surface area contributed by atoms with Crippen LogP contribution in [0.15, 0.2) is 51.5 Å². The van der Waals surface area contributed by atoms with Gasteiger partial charge in [0.2, 0.25) is 17.6 Å². The third kappa shape index (κ3) is 6.01. The first-order valence-electron chi connectivity index (χ1n) is 11.9. The molecule has 0 fully saturated rings. The molecule has 2 aromatic heterocycles. The summed E-state index contributed by atoms with van der Waals surface area (Å²) in [6.45, 7) is 10.5. The average molecular weight is 474 g/mol. The van der Waals surface area contributed by atoms with Crippen LogP contribution in [-0.4, -0.2) is 26.2 Å². The SMILES string of the molecule is CCc1cccc(CC)c1NC(=O)Cc1noc(-c2cccc(-c3noc(CC(C)(C)C)n3)c2)n1. The van der Waals surface area contributed by atoms with Gasteiger partial charge in [0.05, 0.1) is 6.42 Å². The normalized spacial score (nSPS) is 11.6. The van der Waals surface area contributed by atoms with Gasteiger partial charge in [0.25, 0.3) is 5.89 Å². The molecule has 4 aromatic rings. The number of hydrogen-bond donors (Lipinski definition) is 1. The summed E-state index contributed by atoms with van der Waals surface area (Å²) in [6, 6.07) is 13.6. The van der Waals surface area contributed by atoms with Crippen LogP contribution in [0, 0.1) is 5.41 Å². The number of rotatable bonds is 8. The zero-order valence-electron chi connectivity index (χ0n) is 20.9. The lowest BCUT2D eigenvalue weighted by Crippen LogP contribution is -2.17. The van der Waals surface area contributed by atoms with Crippen molar-refractivity contribution in [2.45, 2.75) is 60.3 Å². The van der Waals surface area contributed by atoms with Crippen molar-refractivity contribution in [2.75, 3.05) is 5.32 Å². The van der Waals surface area contributed by atoms with E-state index in [2.05, 4.69) is 60.2 Å². The Bertz CT molecular complexity index is 1290. The van der Waals surface area contributed by atoms with Gasteiger partial charge in [-0.2, -0.15) is 9.97 Å². The molecule has 182 valence electrons. The fraction of sp³-hybridized carbons (Fsp3) is 0.370. The van der Waals surface area contributed by atoms with Gasteiger partial charge in [-0.3, -0.25) is 4.79 Å². The second-order valence-electron chi connectivity index (χ2n) is 9.73. The minimum absolute atomic E-state index is 0.0192. The molecule has 4 rings (SSSR count). The average Bonchev–Trinajstić information content (AvgIpc) is 3.48. The molecular weight excluding hydrogens is 442 g/mol. The van der Waals surface area contributed by atoms with Gasteiger partial charge >= 0.3 is 0 Å². The molecule has 0 saturated carbocycles. The third-order valence-electron chi connectivity index (χ3n) is 5.57. The Morgan fingerprint density at radius 3 is 2.29 bits per heavy atom. The molecule has 0 unspecified atom stereocenters. The van der Waals surface area contributed by atoms with Crippen LogP contribution in [0.4, 0.5) is 5.69 Å². The molecule has 8 heteroatoms. The Morgan fingerprint density at radius 2 is 1.60 bits per heavy atom. The fourth-order valence-electron chi connectivity index (χ4n) is 3.86. The van der Waals surface area contributed by atoms with Crippen molar-refractivity contribution in [3.8, 4) is 22.8 Å². The molecule has 0 aliphatic heterocycles. The molecule has 8 nitrogen and oxygen atoms in total. The number of carbonyl (C=O) groups excluding carboxylic acids is 1. The number of amides is 1. The molecule has 0 atom stereocenters. The molecule has 2 aromatic carbocycles. The maximum absolute atomic E-state index is 12.7. The van der Waals surface area contributed by atoms with Crippen molar-refractivity contribution in [2.24, 2.45) is 5.41 Å². The van der Waals surface area contributed by atoms with Gasteiger partial charge in [-0.1, -0.05) is 75.3 Å². The first-order valence-corrected chi connectivity index (χ1v) is 11.9. The van der Waals surface area contributed by atoms with Crippen LogP contribution in [0.3, 0.4) is 0 Å². The lowest BCUT2D eigenvalue weighted by Gasteiger charge is -2.13. The van der Waals surface area contributed by atoms with Crippen LogP contribution >= 0.6 is 0 Å². The highest BCUT2D eigenvalue weighted by atomic mass is 16.5. The fourth-order valence-corrected chi connectivity index (χ4v) is 3.86.